The van der Waals surface area contributed by atoms with Gasteiger partial charge in [0.15, 0.2) is 0 Å². The minimum absolute atomic E-state index is 0.0795. The molecule has 0 spiro atoms. The maximum absolute atomic E-state index is 12.3. The lowest BCUT2D eigenvalue weighted by Gasteiger charge is -2.23. The van der Waals surface area contributed by atoms with Crippen LogP contribution in [0, 0.1) is 0 Å². The molecule has 1 aromatic carbocycles. The lowest BCUT2D eigenvalue weighted by Crippen LogP contribution is -2.45. The maximum Gasteiger partial charge on any atom is 0.246 e. The summed E-state index contributed by atoms with van der Waals surface area (Å²) < 4.78 is 5.39. The Labute approximate surface area is 113 Å². The Kier molecular flexibility index (Phi) is 4.76. The number of amides is 1. The molecule has 19 heavy (non-hydrogen) atoms. The zero-order valence-corrected chi connectivity index (χ0v) is 11.1. The number of carbonyl (C=O) groups excluding carboxylic acids is 1. The summed E-state index contributed by atoms with van der Waals surface area (Å²) in [5.41, 5.74) is 0.843. The number of anilines is 1. The smallest absolute Gasteiger partial charge is 0.246 e. The maximum atomic E-state index is 12.3. The molecule has 1 aliphatic heterocycles. The molecule has 1 aromatic rings. The SMILES string of the molecule is CCOc1ccc(N2CCCNC(CO)C2=O)cc1. The summed E-state index contributed by atoms with van der Waals surface area (Å²) >= 11 is 0. The molecule has 1 atom stereocenters. The third kappa shape index (κ3) is 3.24. The van der Waals surface area contributed by atoms with Crippen molar-refractivity contribution in [3.8, 4) is 5.75 Å². The second-order valence-corrected chi connectivity index (χ2v) is 4.46. The van der Waals surface area contributed by atoms with E-state index in [0.29, 0.717) is 13.2 Å². The molecular weight excluding hydrogens is 244 g/mol. The summed E-state index contributed by atoms with van der Waals surface area (Å²) in [4.78, 5) is 14.0. The van der Waals surface area contributed by atoms with Crippen molar-refractivity contribution < 1.29 is 14.6 Å². The van der Waals surface area contributed by atoms with Crippen LogP contribution in [0.3, 0.4) is 0 Å². The van der Waals surface area contributed by atoms with Gasteiger partial charge in [0.1, 0.15) is 11.8 Å². The van der Waals surface area contributed by atoms with Gasteiger partial charge in [-0.05, 0) is 44.2 Å². The molecule has 1 aliphatic rings. The molecule has 2 N–H and O–H groups in total. The number of aliphatic hydroxyl groups excluding tert-OH is 1. The van der Waals surface area contributed by atoms with E-state index < -0.39 is 6.04 Å². The van der Waals surface area contributed by atoms with Gasteiger partial charge >= 0.3 is 0 Å². The van der Waals surface area contributed by atoms with E-state index in [1.165, 1.54) is 0 Å². The highest BCUT2D eigenvalue weighted by Crippen LogP contribution is 2.21. The molecule has 2 rings (SSSR count). The number of benzene rings is 1. The highest BCUT2D eigenvalue weighted by atomic mass is 16.5. The lowest BCUT2D eigenvalue weighted by molar-refractivity contribution is -0.121. The van der Waals surface area contributed by atoms with Crippen molar-refractivity contribution in [1.82, 2.24) is 5.32 Å². The van der Waals surface area contributed by atoms with Crippen LogP contribution in [-0.4, -0.2) is 43.4 Å². The molecule has 0 radical (unpaired) electrons. The Morgan fingerprint density at radius 3 is 2.79 bits per heavy atom. The summed E-state index contributed by atoms with van der Waals surface area (Å²) in [7, 11) is 0. The summed E-state index contributed by atoms with van der Waals surface area (Å²) in [6, 6.07) is 6.97. The average molecular weight is 264 g/mol. The van der Waals surface area contributed by atoms with E-state index >= 15 is 0 Å². The minimum Gasteiger partial charge on any atom is -0.494 e. The number of hydrogen-bond acceptors (Lipinski definition) is 4. The van der Waals surface area contributed by atoms with Crippen LogP contribution in [0.4, 0.5) is 5.69 Å². The van der Waals surface area contributed by atoms with Gasteiger partial charge < -0.3 is 20.1 Å². The van der Waals surface area contributed by atoms with Crippen molar-refractivity contribution in [3.05, 3.63) is 24.3 Å². The first-order chi connectivity index (χ1) is 9.26. The van der Waals surface area contributed by atoms with Crippen LogP contribution < -0.4 is 15.0 Å². The van der Waals surface area contributed by atoms with Crippen molar-refractivity contribution in [2.45, 2.75) is 19.4 Å². The monoisotopic (exact) mass is 264 g/mol. The van der Waals surface area contributed by atoms with E-state index in [1.54, 1.807) is 4.90 Å². The zero-order valence-electron chi connectivity index (χ0n) is 11.1. The third-order valence-corrected chi connectivity index (χ3v) is 3.16. The van der Waals surface area contributed by atoms with Crippen LogP contribution >= 0.6 is 0 Å². The molecule has 0 bridgehead atoms. The first kappa shape index (κ1) is 13.8. The van der Waals surface area contributed by atoms with Gasteiger partial charge in [-0.25, -0.2) is 0 Å². The lowest BCUT2D eigenvalue weighted by atomic mass is 10.2. The van der Waals surface area contributed by atoms with Gasteiger partial charge in [0, 0.05) is 12.2 Å². The predicted molar refractivity (Wildman–Crippen MR) is 73.5 cm³/mol. The van der Waals surface area contributed by atoms with Crippen molar-refractivity contribution in [3.63, 3.8) is 0 Å². The molecule has 1 saturated heterocycles. The van der Waals surface area contributed by atoms with Crippen LogP contribution in [-0.2, 0) is 4.79 Å². The van der Waals surface area contributed by atoms with E-state index in [4.69, 9.17) is 4.74 Å². The Morgan fingerprint density at radius 2 is 2.16 bits per heavy atom. The quantitative estimate of drug-likeness (QED) is 0.843. The van der Waals surface area contributed by atoms with Crippen LogP contribution in [0.1, 0.15) is 13.3 Å². The molecule has 1 amide bonds. The van der Waals surface area contributed by atoms with Crippen LogP contribution in [0.5, 0.6) is 5.75 Å². The summed E-state index contributed by atoms with van der Waals surface area (Å²) in [5.74, 6) is 0.717. The van der Waals surface area contributed by atoms with E-state index in [9.17, 15) is 9.90 Å². The Morgan fingerprint density at radius 1 is 1.42 bits per heavy atom. The molecular formula is C14H20N2O3. The number of nitrogens with one attached hydrogen (secondary N) is 1. The Bertz CT molecular complexity index is 419. The Hall–Kier alpha value is -1.59. The van der Waals surface area contributed by atoms with Crippen molar-refractivity contribution in [2.24, 2.45) is 0 Å². The minimum atomic E-state index is -0.505. The second-order valence-electron chi connectivity index (χ2n) is 4.46. The van der Waals surface area contributed by atoms with E-state index in [2.05, 4.69) is 5.32 Å². The second kappa shape index (κ2) is 6.54. The summed E-state index contributed by atoms with van der Waals surface area (Å²) in [6.07, 6.45) is 0.870. The van der Waals surface area contributed by atoms with Crippen molar-refractivity contribution in [2.75, 3.05) is 31.2 Å². The molecule has 1 fully saturated rings. The first-order valence-corrected chi connectivity index (χ1v) is 6.64. The fourth-order valence-corrected chi connectivity index (χ4v) is 2.19. The number of carbonyl (C=O) groups is 1. The summed E-state index contributed by atoms with van der Waals surface area (Å²) in [5, 5.41) is 12.3. The van der Waals surface area contributed by atoms with E-state index in [0.717, 1.165) is 24.4 Å². The number of nitrogens with zero attached hydrogens (tertiary/aromatic N) is 1. The third-order valence-electron chi connectivity index (χ3n) is 3.16. The average Bonchev–Trinajstić information content (AvgIpc) is 2.62. The fourth-order valence-electron chi connectivity index (χ4n) is 2.19. The standard InChI is InChI=1S/C14H20N2O3/c1-2-19-12-6-4-11(5-7-12)16-9-3-8-15-13(10-17)14(16)18/h4-7,13,15,17H,2-3,8-10H2,1H3. The molecule has 0 saturated carbocycles. The van der Waals surface area contributed by atoms with Gasteiger partial charge in [0.05, 0.1) is 13.2 Å². The number of rotatable bonds is 4. The largest absolute Gasteiger partial charge is 0.494 e. The van der Waals surface area contributed by atoms with Gasteiger partial charge in [-0.1, -0.05) is 0 Å². The van der Waals surface area contributed by atoms with Gasteiger partial charge in [-0.2, -0.15) is 0 Å². The van der Waals surface area contributed by atoms with E-state index in [1.807, 2.05) is 31.2 Å². The molecule has 0 aromatic heterocycles. The topological polar surface area (TPSA) is 61.8 Å². The number of ether oxygens (including phenoxy) is 1. The van der Waals surface area contributed by atoms with Crippen LogP contribution in [0.15, 0.2) is 24.3 Å². The predicted octanol–water partition coefficient (Wildman–Crippen LogP) is 0.772. The van der Waals surface area contributed by atoms with Crippen LogP contribution in [0.2, 0.25) is 0 Å². The van der Waals surface area contributed by atoms with Crippen molar-refractivity contribution >= 4 is 11.6 Å². The fraction of sp³-hybridized carbons (Fsp3) is 0.500. The number of aliphatic hydroxyl groups is 1. The van der Waals surface area contributed by atoms with Crippen LogP contribution in [0.25, 0.3) is 0 Å². The molecule has 1 unspecified atom stereocenters. The molecule has 104 valence electrons. The van der Waals surface area contributed by atoms with Gasteiger partial charge in [0.2, 0.25) is 5.91 Å². The van der Waals surface area contributed by atoms with Crippen molar-refractivity contribution in [1.29, 1.82) is 0 Å². The molecule has 5 heteroatoms. The molecule has 1 heterocycles. The molecule has 5 nitrogen and oxygen atoms in total. The zero-order chi connectivity index (χ0) is 13.7. The molecule has 0 aliphatic carbocycles. The summed E-state index contributed by atoms with van der Waals surface area (Å²) in [6.45, 7) is 3.79. The Balaban J connectivity index is 2.16. The van der Waals surface area contributed by atoms with E-state index in [-0.39, 0.29) is 12.5 Å². The first-order valence-electron chi connectivity index (χ1n) is 6.64. The normalized spacial score (nSPS) is 20.2. The highest BCUT2D eigenvalue weighted by Gasteiger charge is 2.26. The van der Waals surface area contributed by atoms with Gasteiger partial charge in [-0.15, -0.1) is 0 Å². The van der Waals surface area contributed by atoms with Gasteiger partial charge in [0.25, 0.3) is 0 Å². The van der Waals surface area contributed by atoms with Gasteiger partial charge in [-0.3, -0.25) is 4.79 Å². The highest BCUT2D eigenvalue weighted by molar-refractivity contribution is 5.97. The number of hydrogen-bond donors (Lipinski definition) is 2.